The van der Waals surface area contributed by atoms with E-state index in [-0.39, 0.29) is 35.3 Å². The summed E-state index contributed by atoms with van der Waals surface area (Å²) in [5.74, 6) is -2.13. The fourth-order valence-electron chi connectivity index (χ4n) is 4.25. The number of benzene rings is 3. The van der Waals surface area contributed by atoms with Crippen LogP contribution in [-0.4, -0.2) is 26.1 Å². The molecular formula is C27H25F3O3. The normalized spacial score (nSPS) is 22.4. The maximum atomic E-state index is 15.0. The van der Waals surface area contributed by atoms with Crippen molar-refractivity contribution in [2.75, 3.05) is 19.8 Å². The Balaban J connectivity index is 1.33. The van der Waals surface area contributed by atoms with E-state index < -0.39 is 11.6 Å². The molecule has 5 rings (SSSR count). The largest absolute Gasteiger partial charge is 0.368 e. The molecule has 3 aromatic carbocycles. The van der Waals surface area contributed by atoms with Gasteiger partial charge >= 0.3 is 0 Å². The zero-order valence-corrected chi connectivity index (χ0v) is 18.3. The van der Waals surface area contributed by atoms with Crippen LogP contribution in [0.4, 0.5) is 13.2 Å². The quantitative estimate of drug-likeness (QED) is 0.385. The number of rotatable bonds is 6. The lowest BCUT2D eigenvalue weighted by molar-refractivity contribution is -0.189. The molecule has 2 aliphatic rings. The third kappa shape index (κ3) is 4.56. The van der Waals surface area contributed by atoms with Crippen molar-refractivity contribution in [3.63, 3.8) is 0 Å². The summed E-state index contributed by atoms with van der Waals surface area (Å²) in [7, 11) is 0. The molecule has 33 heavy (non-hydrogen) atoms. The van der Waals surface area contributed by atoms with E-state index in [1.54, 1.807) is 42.5 Å². The summed E-state index contributed by atoms with van der Waals surface area (Å²) in [6.45, 7) is 3.50. The van der Waals surface area contributed by atoms with E-state index in [4.69, 9.17) is 14.2 Å². The van der Waals surface area contributed by atoms with Crippen LogP contribution in [0.5, 0.6) is 0 Å². The minimum Gasteiger partial charge on any atom is -0.368 e. The molecule has 1 unspecified atom stereocenters. The number of ether oxygens (including phenoxy) is 3. The lowest BCUT2D eigenvalue weighted by Crippen LogP contribution is -2.30. The van der Waals surface area contributed by atoms with Gasteiger partial charge in [0.15, 0.2) is 17.9 Å². The third-order valence-electron chi connectivity index (χ3n) is 6.25. The van der Waals surface area contributed by atoms with E-state index in [9.17, 15) is 13.2 Å². The summed E-state index contributed by atoms with van der Waals surface area (Å²) >= 11 is 0. The Labute approximate surface area is 191 Å². The van der Waals surface area contributed by atoms with Gasteiger partial charge in [-0.2, -0.15) is 0 Å². The van der Waals surface area contributed by atoms with Crippen LogP contribution in [0.2, 0.25) is 0 Å². The van der Waals surface area contributed by atoms with Crippen molar-refractivity contribution in [1.82, 2.24) is 0 Å². The Bertz CT molecular complexity index is 1130. The Morgan fingerprint density at radius 2 is 1.39 bits per heavy atom. The molecule has 0 N–H and O–H groups in total. The fraction of sp³-hybridized carbons (Fsp3) is 0.333. The maximum Gasteiger partial charge on any atom is 0.167 e. The highest BCUT2D eigenvalue weighted by atomic mass is 19.2. The van der Waals surface area contributed by atoms with Gasteiger partial charge in [0.2, 0.25) is 0 Å². The molecule has 2 saturated heterocycles. The van der Waals surface area contributed by atoms with Crippen LogP contribution in [0.15, 0.2) is 54.6 Å². The summed E-state index contributed by atoms with van der Waals surface area (Å²) in [5.41, 5.74) is 2.86. The molecule has 0 amide bonds. The molecule has 0 aromatic heterocycles. The molecule has 0 spiro atoms. The molecule has 2 heterocycles. The van der Waals surface area contributed by atoms with Crippen LogP contribution < -0.4 is 0 Å². The van der Waals surface area contributed by atoms with Gasteiger partial charge < -0.3 is 14.2 Å². The Morgan fingerprint density at radius 3 is 2.00 bits per heavy atom. The van der Waals surface area contributed by atoms with Crippen molar-refractivity contribution < 1.29 is 27.4 Å². The highest BCUT2D eigenvalue weighted by Gasteiger charge is 2.30. The van der Waals surface area contributed by atoms with E-state index >= 15 is 0 Å². The first-order valence-corrected chi connectivity index (χ1v) is 11.3. The van der Waals surface area contributed by atoms with E-state index in [2.05, 4.69) is 6.92 Å². The average Bonchev–Trinajstić information content (AvgIpc) is 3.67. The summed E-state index contributed by atoms with van der Waals surface area (Å²) in [5, 5.41) is 0. The zero-order chi connectivity index (χ0) is 22.9. The summed E-state index contributed by atoms with van der Waals surface area (Å²) in [6, 6.07) is 15.0. The minimum absolute atomic E-state index is 0.00841. The first-order valence-electron chi connectivity index (χ1n) is 11.3. The van der Waals surface area contributed by atoms with Crippen molar-refractivity contribution >= 4 is 0 Å². The number of halogens is 3. The van der Waals surface area contributed by atoms with E-state index in [0.717, 1.165) is 18.4 Å². The zero-order valence-electron chi connectivity index (χ0n) is 18.3. The van der Waals surface area contributed by atoms with Crippen LogP contribution in [0, 0.1) is 17.5 Å². The van der Waals surface area contributed by atoms with Crippen LogP contribution in [0.25, 0.3) is 22.3 Å². The summed E-state index contributed by atoms with van der Waals surface area (Å²) in [4.78, 5) is 0. The monoisotopic (exact) mass is 454 g/mol. The predicted molar refractivity (Wildman–Crippen MR) is 119 cm³/mol. The number of hydrogen-bond donors (Lipinski definition) is 0. The van der Waals surface area contributed by atoms with E-state index in [1.807, 2.05) is 6.07 Å². The SMILES string of the molecule is CCCC1OCC(c2ccc(-c3ccc(-c4ccc(C5CO5)c(F)c4F)cc3)c(F)c2)CO1. The summed E-state index contributed by atoms with van der Waals surface area (Å²) < 4.78 is 60.4. The van der Waals surface area contributed by atoms with Crippen LogP contribution in [-0.2, 0) is 14.2 Å². The lowest BCUT2D eigenvalue weighted by Gasteiger charge is -2.29. The van der Waals surface area contributed by atoms with Gasteiger partial charge in [0.25, 0.3) is 0 Å². The van der Waals surface area contributed by atoms with Crippen molar-refractivity contribution in [3.05, 3.63) is 83.2 Å². The van der Waals surface area contributed by atoms with E-state index in [0.29, 0.717) is 36.5 Å². The molecule has 2 fully saturated rings. The van der Waals surface area contributed by atoms with Gasteiger partial charge in [0.1, 0.15) is 11.9 Å². The van der Waals surface area contributed by atoms with Crippen molar-refractivity contribution in [2.24, 2.45) is 0 Å². The fourth-order valence-corrected chi connectivity index (χ4v) is 4.25. The van der Waals surface area contributed by atoms with Crippen LogP contribution in [0.1, 0.15) is 42.9 Å². The second kappa shape index (κ2) is 9.29. The maximum absolute atomic E-state index is 15.0. The molecule has 1 atom stereocenters. The van der Waals surface area contributed by atoms with Crippen LogP contribution in [0.3, 0.4) is 0 Å². The van der Waals surface area contributed by atoms with Crippen molar-refractivity contribution in [3.8, 4) is 22.3 Å². The molecule has 0 saturated carbocycles. The third-order valence-corrected chi connectivity index (χ3v) is 6.25. The number of epoxide rings is 1. The first kappa shape index (κ1) is 22.1. The van der Waals surface area contributed by atoms with Gasteiger partial charge in [0.05, 0.1) is 19.8 Å². The van der Waals surface area contributed by atoms with Crippen molar-refractivity contribution in [2.45, 2.75) is 38.1 Å². The second-order valence-electron chi connectivity index (χ2n) is 8.55. The van der Waals surface area contributed by atoms with Gasteiger partial charge in [-0.3, -0.25) is 0 Å². The average molecular weight is 454 g/mol. The first-order chi connectivity index (χ1) is 16.0. The minimum atomic E-state index is -0.899. The van der Waals surface area contributed by atoms with Gasteiger partial charge in [-0.15, -0.1) is 0 Å². The Morgan fingerprint density at radius 1 is 0.758 bits per heavy atom. The topological polar surface area (TPSA) is 31.0 Å². The highest BCUT2D eigenvalue weighted by molar-refractivity contribution is 5.71. The Kier molecular flexibility index (Phi) is 6.23. The van der Waals surface area contributed by atoms with Gasteiger partial charge in [-0.05, 0) is 29.2 Å². The molecule has 0 aliphatic carbocycles. The molecule has 0 radical (unpaired) electrons. The van der Waals surface area contributed by atoms with Gasteiger partial charge in [-0.25, -0.2) is 13.2 Å². The Hall–Kier alpha value is -2.67. The predicted octanol–water partition coefficient (Wildman–Crippen LogP) is 6.77. The molecule has 0 bridgehead atoms. The van der Waals surface area contributed by atoms with E-state index in [1.165, 1.54) is 6.07 Å². The molecule has 172 valence electrons. The smallest absolute Gasteiger partial charge is 0.167 e. The van der Waals surface area contributed by atoms with Gasteiger partial charge in [0, 0.05) is 22.6 Å². The molecule has 3 nitrogen and oxygen atoms in total. The second-order valence-corrected chi connectivity index (χ2v) is 8.55. The van der Waals surface area contributed by atoms with Crippen molar-refractivity contribution in [1.29, 1.82) is 0 Å². The highest BCUT2D eigenvalue weighted by Crippen LogP contribution is 2.36. The molecular weight excluding hydrogens is 429 g/mol. The number of hydrogen-bond acceptors (Lipinski definition) is 3. The summed E-state index contributed by atoms with van der Waals surface area (Å²) in [6.07, 6.45) is 1.31. The molecule has 2 aliphatic heterocycles. The van der Waals surface area contributed by atoms with Gasteiger partial charge in [-0.1, -0.05) is 61.9 Å². The molecule has 6 heteroatoms. The molecule has 3 aromatic rings. The lowest BCUT2D eigenvalue weighted by atomic mass is 9.95. The standard InChI is InChI=1S/C27H25F3O3/c1-2-3-25-32-13-19(14-33-25)18-8-9-20(23(28)12-18)16-4-6-17(7-5-16)21-10-11-22(24-15-31-24)27(30)26(21)29/h4-12,19,24-25H,2-3,13-15H2,1H3. The van der Waals surface area contributed by atoms with Crippen LogP contribution >= 0.6 is 0 Å².